The molecule has 0 unspecified atom stereocenters. The Hall–Kier alpha value is -1.46. The molecule has 0 aromatic heterocycles. The van der Waals surface area contributed by atoms with E-state index in [0.717, 1.165) is 44.0 Å². The van der Waals surface area contributed by atoms with E-state index in [9.17, 15) is 4.79 Å². The molecular formula is C21H33ClN2O3. The first kappa shape index (κ1) is 21.8. The first-order valence-corrected chi connectivity index (χ1v) is 10.1. The minimum atomic E-state index is 0. The first-order valence-electron chi connectivity index (χ1n) is 10.1. The molecule has 2 heterocycles. The van der Waals surface area contributed by atoms with Gasteiger partial charge in [0, 0.05) is 19.5 Å². The van der Waals surface area contributed by atoms with Gasteiger partial charge in [-0.25, -0.2) is 0 Å². The van der Waals surface area contributed by atoms with E-state index in [-0.39, 0.29) is 12.4 Å². The van der Waals surface area contributed by atoms with Crippen molar-refractivity contribution < 1.29 is 14.3 Å². The Labute approximate surface area is 169 Å². The average molecular weight is 397 g/mol. The second-order valence-electron chi connectivity index (χ2n) is 7.23. The number of piperidine rings is 1. The van der Waals surface area contributed by atoms with Gasteiger partial charge in [0.05, 0.1) is 13.2 Å². The SMILES string of the molecule is CCOc1cc2c(cc1OCC)CN(C(=O)CCC1CCNCC1)CC2.Cl. The molecule has 1 amide bonds. The zero-order valence-corrected chi connectivity index (χ0v) is 17.4. The van der Waals surface area contributed by atoms with E-state index in [1.807, 2.05) is 18.7 Å². The van der Waals surface area contributed by atoms with Crippen molar-refractivity contribution in [3.05, 3.63) is 23.3 Å². The third-order valence-electron chi connectivity index (χ3n) is 5.46. The molecule has 0 bridgehead atoms. The molecular weight excluding hydrogens is 364 g/mol. The molecule has 3 rings (SSSR count). The molecule has 0 radical (unpaired) electrons. The molecule has 1 saturated heterocycles. The molecule has 0 saturated carbocycles. The minimum Gasteiger partial charge on any atom is -0.490 e. The fraction of sp³-hybridized carbons (Fsp3) is 0.667. The fourth-order valence-corrected chi connectivity index (χ4v) is 3.97. The zero-order chi connectivity index (χ0) is 18.4. The second kappa shape index (κ2) is 10.8. The van der Waals surface area contributed by atoms with Crippen LogP contribution in [0.1, 0.15) is 50.7 Å². The molecule has 1 aromatic carbocycles. The van der Waals surface area contributed by atoms with Gasteiger partial charge in [-0.2, -0.15) is 0 Å². The van der Waals surface area contributed by atoms with Gasteiger partial charge in [-0.1, -0.05) is 0 Å². The monoisotopic (exact) mass is 396 g/mol. The summed E-state index contributed by atoms with van der Waals surface area (Å²) >= 11 is 0. The van der Waals surface area contributed by atoms with Crippen LogP contribution in [0.3, 0.4) is 0 Å². The van der Waals surface area contributed by atoms with E-state index in [2.05, 4.69) is 17.4 Å². The molecule has 0 aliphatic carbocycles. The number of halogens is 1. The van der Waals surface area contributed by atoms with Crippen molar-refractivity contribution in [1.82, 2.24) is 10.2 Å². The summed E-state index contributed by atoms with van der Waals surface area (Å²) < 4.78 is 11.5. The van der Waals surface area contributed by atoms with Crippen LogP contribution >= 0.6 is 12.4 Å². The van der Waals surface area contributed by atoms with Gasteiger partial charge in [-0.05, 0) is 81.8 Å². The molecule has 0 atom stereocenters. The quantitative estimate of drug-likeness (QED) is 0.765. The van der Waals surface area contributed by atoms with E-state index < -0.39 is 0 Å². The second-order valence-corrected chi connectivity index (χ2v) is 7.23. The van der Waals surface area contributed by atoms with E-state index in [1.54, 1.807) is 0 Å². The smallest absolute Gasteiger partial charge is 0.222 e. The van der Waals surface area contributed by atoms with Gasteiger partial charge in [0.1, 0.15) is 0 Å². The summed E-state index contributed by atoms with van der Waals surface area (Å²) in [5.74, 6) is 2.60. The first-order chi connectivity index (χ1) is 12.7. The highest BCUT2D eigenvalue weighted by Gasteiger charge is 2.24. The van der Waals surface area contributed by atoms with Crippen molar-refractivity contribution in [3.8, 4) is 11.5 Å². The van der Waals surface area contributed by atoms with E-state index in [4.69, 9.17) is 9.47 Å². The molecule has 2 aliphatic heterocycles. The third kappa shape index (κ3) is 5.76. The summed E-state index contributed by atoms with van der Waals surface area (Å²) in [7, 11) is 0. The molecule has 2 aliphatic rings. The highest BCUT2D eigenvalue weighted by atomic mass is 35.5. The van der Waals surface area contributed by atoms with Gasteiger partial charge >= 0.3 is 0 Å². The summed E-state index contributed by atoms with van der Waals surface area (Å²) in [6, 6.07) is 4.16. The van der Waals surface area contributed by atoms with Crippen LogP contribution in [-0.2, 0) is 17.8 Å². The zero-order valence-electron chi connectivity index (χ0n) is 16.6. The van der Waals surface area contributed by atoms with E-state index in [1.165, 1.54) is 24.0 Å². The summed E-state index contributed by atoms with van der Waals surface area (Å²) in [5, 5.41) is 3.39. The largest absolute Gasteiger partial charge is 0.490 e. The number of fused-ring (bicyclic) bond motifs is 1. The maximum Gasteiger partial charge on any atom is 0.222 e. The summed E-state index contributed by atoms with van der Waals surface area (Å²) in [6.07, 6.45) is 5.00. The number of rotatable bonds is 7. The van der Waals surface area contributed by atoms with Crippen LogP contribution in [-0.4, -0.2) is 43.7 Å². The van der Waals surface area contributed by atoms with Crippen molar-refractivity contribution in [2.75, 3.05) is 32.8 Å². The van der Waals surface area contributed by atoms with Gasteiger partial charge in [-0.3, -0.25) is 4.79 Å². The van der Waals surface area contributed by atoms with Crippen LogP contribution in [0, 0.1) is 5.92 Å². The van der Waals surface area contributed by atoms with Gasteiger partial charge in [0.2, 0.25) is 5.91 Å². The van der Waals surface area contributed by atoms with Crippen molar-refractivity contribution >= 4 is 18.3 Å². The number of hydrogen-bond acceptors (Lipinski definition) is 4. The van der Waals surface area contributed by atoms with Crippen LogP contribution in [0.4, 0.5) is 0 Å². The third-order valence-corrected chi connectivity index (χ3v) is 5.46. The predicted octanol–water partition coefficient (Wildman–Crippen LogP) is 3.57. The van der Waals surface area contributed by atoms with Gasteiger partial charge in [0.15, 0.2) is 11.5 Å². The highest BCUT2D eigenvalue weighted by molar-refractivity contribution is 5.85. The Balaban J connectivity index is 0.00000261. The Morgan fingerprint density at radius 2 is 1.74 bits per heavy atom. The standard InChI is InChI=1S/C21H32N2O3.ClH/c1-3-25-19-13-17-9-12-23(15-18(17)14-20(19)26-4-2)21(24)6-5-16-7-10-22-11-8-16;/h13-14,16,22H,3-12,15H2,1-2H3;1H. The normalized spacial score (nSPS) is 17.0. The van der Waals surface area contributed by atoms with Crippen molar-refractivity contribution in [3.63, 3.8) is 0 Å². The number of carbonyl (C=O) groups is 1. The molecule has 6 heteroatoms. The number of hydrogen-bond donors (Lipinski definition) is 1. The number of amides is 1. The van der Waals surface area contributed by atoms with Crippen molar-refractivity contribution in [1.29, 1.82) is 0 Å². The maximum absolute atomic E-state index is 12.7. The predicted molar refractivity (Wildman–Crippen MR) is 110 cm³/mol. The lowest BCUT2D eigenvalue weighted by Crippen LogP contribution is -2.36. The van der Waals surface area contributed by atoms with E-state index >= 15 is 0 Å². The summed E-state index contributed by atoms with van der Waals surface area (Å²) in [5.41, 5.74) is 2.47. The van der Waals surface area contributed by atoms with E-state index in [0.29, 0.717) is 38.0 Å². The molecule has 0 spiro atoms. The van der Waals surface area contributed by atoms with Crippen LogP contribution in [0.5, 0.6) is 11.5 Å². The number of carbonyl (C=O) groups excluding carboxylic acids is 1. The minimum absolute atomic E-state index is 0. The van der Waals surface area contributed by atoms with Gasteiger partial charge in [-0.15, -0.1) is 12.4 Å². The Kier molecular flexibility index (Phi) is 8.71. The lowest BCUT2D eigenvalue weighted by Gasteiger charge is -2.30. The Morgan fingerprint density at radius 1 is 1.11 bits per heavy atom. The van der Waals surface area contributed by atoms with Crippen LogP contribution in [0.25, 0.3) is 0 Å². The molecule has 1 fully saturated rings. The molecule has 1 N–H and O–H groups in total. The van der Waals surface area contributed by atoms with Gasteiger partial charge < -0.3 is 19.7 Å². The lowest BCUT2D eigenvalue weighted by atomic mass is 9.92. The maximum atomic E-state index is 12.7. The molecule has 1 aromatic rings. The van der Waals surface area contributed by atoms with Crippen LogP contribution in [0.2, 0.25) is 0 Å². The highest BCUT2D eigenvalue weighted by Crippen LogP contribution is 2.34. The van der Waals surface area contributed by atoms with Crippen molar-refractivity contribution in [2.45, 2.75) is 52.5 Å². The number of nitrogens with one attached hydrogen (secondary N) is 1. The molecule has 5 nitrogen and oxygen atoms in total. The van der Waals surface area contributed by atoms with Gasteiger partial charge in [0.25, 0.3) is 0 Å². The number of benzene rings is 1. The summed E-state index contributed by atoms with van der Waals surface area (Å²) in [6.45, 7) is 8.88. The molecule has 27 heavy (non-hydrogen) atoms. The average Bonchev–Trinajstić information content (AvgIpc) is 2.67. The topological polar surface area (TPSA) is 50.8 Å². The van der Waals surface area contributed by atoms with Crippen LogP contribution < -0.4 is 14.8 Å². The number of nitrogens with zero attached hydrogens (tertiary/aromatic N) is 1. The Morgan fingerprint density at radius 3 is 2.37 bits per heavy atom. The summed E-state index contributed by atoms with van der Waals surface area (Å²) in [4.78, 5) is 14.7. The Bertz CT molecular complexity index is 618. The lowest BCUT2D eigenvalue weighted by molar-refractivity contribution is -0.132. The number of ether oxygens (including phenoxy) is 2. The molecule has 152 valence electrons. The van der Waals surface area contributed by atoms with Crippen LogP contribution in [0.15, 0.2) is 12.1 Å². The van der Waals surface area contributed by atoms with Crippen molar-refractivity contribution in [2.24, 2.45) is 5.92 Å². The fourth-order valence-electron chi connectivity index (χ4n) is 3.97.